The van der Waals surface area contributed by atoms with Crippen LogP contribution in [0.2, 0.25) is 0 Å². The van der Waals surface area contributed by atoms with Gasteiger partial charge in [-0.2, -0.15) is 0 Å². The maximum Gasteiger partial charge on any atom is 0.255 e. The van der Waals surface area contributed by atoms with Crippen molar-refractivity contribution >= 4 is 35.2 Å². The fraction of sp³-hybridized carbons (Fsp3) is 0.250. The van der Waals surface area contributed by atoms with Crippen molar-refractivity contribution in [3.63, 3.8) is 0 Å². The van der Waals surface area contributed by atoms with Crippen molar-refractivity contribution in [3.05, 3.63) is 101 Å². The average molecular weight is 504 g/mol. The number of carbonyl (C=O) groups excluding carboxylic acids is 3. The molecule has 8 heteroatoms. The van der Waals surface area contributed by atoms with E-state index in [1.807, 2.05) is 47.4 Å². The summed E-state index contributed by atoms with van der Waals surface area (Å²) in [5.41, 5.74) is 3.36. The third-order valence-corrected chi connectivity index (χ3v) is 7.11. The number of anilines is 1. The van der Waals surface area contributed by atoms with Gasteiger partial charge in [-0.3, -0.25) is 14.4 Å². The molecule has 1 aliphatic heterocycles. The molecule has 3 amide bonds. The first kappa shape index (κ1) is 25.5. The molecule has 1 saturated heterocycles. The lowest BCUT2D eigenvalue weighted by Gasteiger charge is -2.24. The van der Waals surface area contributed by atoms with Gasteiger partial charge >= 0.3 is 0 Å². The Morgan fingerprint density at radius 1 is 0.972 bits per heavy atom. The molecule has 0 saturated carbocycles. The van der Waals surface area contributed by atoms with Crippen LogP contribution in [0.15, 0.2) is 78.9 Å². The van der Waals surface area contributed by atoms with Crippen molar-refractivity contribution in [1.29, 1.82) is 0 Å². The molecule has 1 aliphatic rings. The molecule has 3 aromatic carbocycles. The number of methoxy groups -OCH3 is 1. The first-order valence-corrected chi connectivity index (χ1v) is 12.8. The van der Waals surface area contributed by atoms with Gasteiger partial charge in [-0.15, -0.1) is 11.8 Å². The Hall–Kier alpha value is -3.62. The maximum atomic E-state index is 12.9. The number of ether oxygens (including phenoxy) is 1. The lowest BCUT2D eigenvalue weighted by atomic mass is 10.1. The van der Waals surface area contributed by atoms with Crippen molar-refractivity contribution in [2.45, 2.75) is 18.3 Å². The predicted octanol–water partition coefficient (Wildman–Crippen LogP) is 4.48. The van der Waals surface area contributed by atoms with Crippen molar-refractivity contribution in [2.75, 3.05) is 31.3 Å². The first-order chi connectivity index (χ1) is 17.6. The number of hydrogen-bond acceptors (Lipinski definition) is 5. The summed E-state index contributed by atoms with van der Waals surface area (Å²) in [6.07, 6.45) is 0.705. The van der Waals surface area contributed by atoms with Gasteiger partial charge in [0.1, 0.15) is 5.37 Å². The topological polar surface area (TPSA) is 87.7 Å². The second-order valence-corrected chi connectivity index (χ2v) is 9.46. The molecule has 1 fully saturated rings. The molecule has 1 heterocycles. The van der Waals surface area contributed by atoms with E-state index in [0.717, 1.165) is 11.1 Å². The zero-order chi connectivity index (χ0) is 25.3. The van der Waals surface area contributed by atoms with E-state index in [9.17, 15) is 14.4 Å². The van der Waals surface area contributed by atoms with Crippen LogP contribution in [-0.2, 0) is 16.1 Å². The van der Waals surface area contributed by atoms with Gasteiger partial charge in [0.15, 0.2) is 0 Å². The number of thioether (sulfide) groups is 1. The zero-order valence-electron chi connectivity index (χ0n) is 20.1. The van der Waals surface area contributed by atoms with Crippen molar-refractivity contribution in [2.24, 2.45) is 0 Å². The van der Waals surface area contributed by atoms with E-state index in [-0.39, 0.29) is 23.1 Å². The molecule has 3 aromatic rings. The van der Waals surface area contributed by atoms with Crippen LogP contribution in [0, 0.1) is 0 Å². The summed E-state index contributed by atoms with van der Waals surface area (Å²) >= 11 is 1.59. The number of hydrogen-bond donors (Lipinski definition) is 2. The van der Waals surface area contributed by atoms with Crippen molar-refractivity contribution in [1.82, 2.24) is 10.2 Å². The van der Waals surface area contributed by atoms with Crippen molar-refractivity contribution < 1.29 is 19.1 Å². The van der Waals surface area contributed by atoms with Crippen LogP contribution < -0.4 is 10.6 Å². The van der Waals surface area contributed by atoms with Crippen LogP contribution in [0.4, 0.5) is 5.69 Å². The second kappa shape index (κ2) is 12.4. The summed E-state index contributed by atoms with van der Waals surface area (Å²) in [4.78, 5) is 39.9. The highest BCUT2D eigenvalue weighted by atomic mass is 32.2. The Morgan fingerprint density at radius 2 is 1.69 bits per heavy atom. The highest BCUT2D eigenvalue weighted by Crippen LogP contribution is 2.39. The van der Waals surface area contributed by atoms with E-state index >= 15 is 0 Å². The SMILES string of the molecule is COCCCNC(=O)c1ccccc1NC(=O)c1ccc([C@H]2SCC(=O)N2Cc2ccccc2)cc1. The van der Waals surface area contributed by atoms with Gasteiger partial charge in [-0.1, -0.05) is 54.6 Å². The number of para-hydroxylation sites is 1. The van der Waals surface area contributed by atoms with Crippen molar-refractivity contribution in [3.8, 4) is 0 Å². The predicted molar refractivity (Wildman–Crippen MR) is 142 cm³/mol. The molecule has 0 aromatic heterocycles. The molecule has 0 unspecified atom stereocenters. The Bertz CT molecular complexity index is 1200. The fourth-order valence-corrected chi connectivity index (χ4v) is 5.17. The molecule has 186 valence electrons. The minimum absolute atomic E-state index is 0.0997. The van der Waals surface area contributed by atoms with Crippen LogP contribution in [0.5, 0.6) is 0 Å². The molecule has 1 atom stereocenters. The lowest BCUT2D eigenvalue weighted by molar-refractivity contribution is -0.128. The van der Waals surface area contributed by atoms with E-state index in [4.69, 9.17) is 4.74 Å². The Morgan fingerprint density at radius 3 is 2.44 bits per heavy atom. The average Bonchev–Trinajstić information content (AvgIpc) is 3.27. The standard InChI is InChI=1S/C28H29N3O4S/c1-35-17-7-16-29-27(34)23-10-5-6-11-24(23)30-26(33)21-12-14-22(15-13-21)28-31(25(32)19-36-28)18-20-8-3-2-4-9-20/h2-6,8-15,28H,7,16-19H2,1H3,(H,29,34)(H,30,33)/t28-/m1/s1. The summed E-state index contributed by atoms with van der Waals surface area (Å²) < 4.78 is 5.00. The molecule has 36 heavy (non-hydrogen) atoms. The van der Waals surface area contributed by atoms with Gasteiger partial charge < -0.3 is 20.3 Å². The number of carbonyl (C=O) groups is 3. The minimum atomic E-state index is -0.308. The van der Waals surface area contributed by atoms with Crippen LogP contribution in [-0.4, -0.2) is 48.6 Å². The van der Waals surface area contributed by atoms with Crippen LogP contribution in [0.1, 0.15) is 43.6 Å². The van der Waals surface area contributed by atoms with E-state index in [1.54, 1.807) is 55.3 Å². The third kappa shape index (κ3) is 6.33. The van der Waals surface area contributed by atoms with Gasteiger partial charge in [0, 0.05) is 32.4 Å². The number of benzene rings is 3. The molecule has 0 spiro atoms. The van der Waals surface area contributed by atoms with Crippen LogP contribution in [0.25, 0.3) is 0 Å². The summed E-state index contributed by atoms with van der Waals surface area (Å²) in [5.74, 6) is -0.0200. The van der Waals surface area contributed by atoms with E-state index < -0.39 is 0 Å². The first-order valence-electron chi connectivity index (χ1n) is 11.8. The maximum absolute atomic E-state index is 12.9. The van der Waals surface area contributed by atoms with Gasteiger partial charge in [-0.05, 0) is 41.8 Å². The number of nitrogens with one attached hydrogen (secondary N) is 2. The largest absolute Gasteiger partial charge is 0.385 e. The van der Waals surface area contributed by atoms with E-state index in [2.05, 4.69) is 10.6 Å². The molecule has 2 N–H and O–H groups in total. The quantitative estimate of drug-likeness (QED) is 0.399. The summed E-state index contributed by atoms with van der Waals surface area (Å²) in [5, 5.41) is 5.60. The van der Waals surface area contributed by atoms with Gasteiger partial charge in [0.25, 0.3) is 11.8 Å². The molecule has 0 radical (unpaired) electrons. The Balaban J connectivity index is 1.42. The normalized spacial score (nSPS) is 15.1. The second-order valence-electron chi connectivity index (χ2n) is 8.39. The lowest BCUT2D eigenvalue weighted by Crippen LogP contribution is -2.27. The van der Waals surface area contributed by atoms with E-state index in [0.29, 0.717) is 48.7 Å². The molecule has 7 nitrogen and oxygen atoms in total. The Labute approximate surface area is 215 Å². The van der Waals surface area contributed by atoms with Crippen LogP contribution in [0.3, 0.4) is 0 Å². The zero-order valence-corrected chi connectivity index (χ0v) is 20.9. The number of nitrogens with zero attached hydrogens (tertiary/aromatic N) is 1. The third-order valence-electron chi connectivity index (χ3n) is 5.85. The minimum Gasteiger partial charge on any atom is -0.385 e. The highest BCUT2D eigenvalue weighted by Gasteiger charge is 2.32. The van der Waals surface area contributed by atoms with Gasteiger partial charge in [-0.25, -0.2) is 0 Å². The summed E-state index contributed by atoms with van der Waals surface area (Å²) in [6, 6.07) is 24.1. The van der Waals surface area contributed by atoms with E-state index in [1.165, 1.54) is 0 Å². The van der Waals surface area contributed by atoms with Crippen LogP contribution >= 0.6 is 11.8 Å². The monoisotopic (exact) mass is 503 g/mol. The molecule has 0 aliphatic carbocycles. The fourth-order valence-electron chi connectivity index (χ4n) is 3.98. The smallest absolute Gasteiger partial charge is 0.255 e. The summed E-state index contributed by atoms with van der Waals surface area (Å²) in [6.45, 7) is 1.59. The number of rotatable bonds is 10. The molecular formula is C28H29N3O4S. The molecule has 0 bridgehead atoms. The Kier molecular flexibility index (Phi) is 8.76. The van der Waals surface area contributed by atoms with Gasteiger partial charge in [0.2, 0.25) is 5.91 Å². The molecule has 4 rings (SSSR count). The molecular weight excluding hydrogens is 474 g/mol. The summed E-state index contributed by atoms with van der Waals surface area (Å²) in [7, 11) is 1.62. The van der Waals surface area contributed by atoms with Gasteiger partial charge in [0.05, 0.1) is 17.0 Å². The highest BCUT2D eigenvalue weighted by molar-refractivity contribution is 8.00. The number of amides is 3.